The Labute approximate surface area is 404 Å². The highest BCUT2D eigenvalue weighted by Crippen LogP contribution is 2.50. The third-order valence-corrected chi connectivity index (χ3v) is 18.0. The number of fused-ring (bicyclic) bond motifs is 10. The van der Waals surface area contributed by atoms with Crippen molar-refractivity contribution in [3.05, 3.63) is 174 Å². The molecule has 0 aliphatic carbocycles. The molecule has 0 saturated carbocycles. The molecule has 0 spiro atoms. The first-order valence-electron chi connectivity index (χ1n) is 25.3. The van der Waals surface area contributed by atoms with Crippen molar-refractivity contribution in [3.63, 3.8) is 0 Å². The lowest BCUT2D eigenvalue weighted by molar-refractivity contribution is 0.761. The first-order chi connectivity index (χ1) is 33.7. The third-order valence-electron chi connectivity index (χ3n) is 16.8. The SMILES string of the molecule is c1ccc(N2c3cc4c(cc3B3c5cccc6c5N(CCC6)c5cc(N6CCCc7ccccc76)cc2c53)B2c3cccc5c3N(CCC5)c3cc(N5CCCc6ccccc65)cc(c32)S4)cc1. The summed E-state index contributed by atoms with van der Waals surface area (Å²) < 4.78 is 0. The molecule has 8 aliphatic heterocycles. The molecule has 0 atom stereocenters. The molecular formula is C60H49B2N5S. The fraction of sp³-hybridized carbons (Fsp3) is 0.200. The molecule has 8 heterocycles. The van der Waals surface area contributed by atoms with Crippen LogP contribution in [0.4, 0.5) is 62.6 Å². The Balaban J connectivity index is 0.962. The number of benzene rings is 8. The van der Waals surface area contributed by atoms with Gasteiger partial charge in [0.25, 0.3) is 6.71 Å². The maximum Gasteiger partial charge on any atom is 0.252 e. The number of hydrogen-bond donors (Lipinski definition) is 0. The Kier molecular flexibility index (Phi) is 8.09. The first kappa shape index (κ1) is 38.2. The van der Waals surface area contributed by atoms with E-state index in [0.717, 1.165) is 64.7 Å². The molecule has 0 amide bonds. The molecule has 0 unspecified atom stereocenters. The molecule has 8 aromatic rings. The molecule has 68 heavy (non-hydrogen) atoms. The summed E-state index contributed by atoms with van der Waals surface area (Å²) in [5.41, 5.74) is 29.5. The Morgan fingerprint density at radius 2 is 0.853 bits per heavy atom. The van der Waals surface area contributed by atoms with E-state index in [1.54, 1.807) is 0 Å². The van der Waals surface area contributed by atoms with Gasteiger partial charge in [0.15, 0.2) is 0 Å². The smallest absolute Gasteiger partial charge is 0.252 e. The van der Waals surface area contributed by atoms with E-state index in [1.165, 1.54) is 140 Å². The molecule has 8 aliphatic rings. The van der Waals surface area contributed by atoms with E-state index in [2.05, 4.69) is 176 Å². The number of nitrogens with zero attached hydrogens (tertiary/aromatic N) is 5. The number of anilines is 11. The predicted octanol–water partition coefficient (Wildman–Crippen LogP) is 9.93. The van der Waals surface area contributed by atoms with Crippen molar-refractivity contribution in [2.45, 2.75) is 61.2 Å². The van der Waals surface area contributed by atoms with Crippen LogP contribution in [-0.4, -0.2) is 39.6 Å². The molecule has 326 valence electrons. The maximum absolute atomic E-state index is 2.72. The average Bonchev–Trinajstić information content (AvgIpc) is 3.40. The van der Waals surface area contributed by atoms with Gasteiger partial charge in [-0.15, -0.1) is 0 Å². The lowest BCUT2D eigenvalue weighted by atomic mass is 9.30. The van der Waals surface area contributed by atoms with Gasteiger partial charge in [0.1, 0.15) is 0 Å². The van der Waals surface area contributed by atoms with Gasteiger partial charge in [0.05, 0.1) is 0 Å². The van der Waals surface area contributed by atoms with Gasteiger partial charge in [-0.3, -0.25) is 0 Å². The van der Waals surface area contributed by atoms with Gasteiger partial charge in [-0.2, -0.15) is 0 Å². The maximum atomic E-state index is 2.72. The Morgan fingerprint density at radius 3 is 1.50 bits per heavy atom. The zero-order chi connectivity index (χ0) is 44.2. The number of para-hydroxylation sites is 5. The summed E-state index contributed by atoms with van der Waals surface area (Å²) in [7, 11) is 0. The normalized spacial score (nSPS) is 17.3. The molecule has 16 rings (SSSR count). The van der Waals surface area contributed by atoms with Gasteiger partial charge in [0, 0.05) is 98.5 Å². The van der Waals surface area contributed by atoms with Gasteiger partial charge in [0.2, 0.25) is 6.71 Å². The van der Waals surface area contributed by atoms with E-state index in [-0.39, 0.29) is 13.4 Å². The molecule has 0 bridgehead atoms. The van der Waals surface area contributed by atoms with Crippen molar-refractivity contribution in [1.29, 1.82) is 0 Å². The Hall–Kier alpha value is -6.76. The molecule has 0 aromatic heterocycles. The van der Waals surface area contributed by atoms with Crippen LogP contribution < -0.4 is 57.3 Å². The monoisotopic (exact) mass is 893 g/mol. The van der Waals surface area contributed by atoms with Crippen LogP contribution >= 0.6 is 11.8 Å². The Morgan fingerprint density at radius 1 is 0.338 bits per heavy atom. The summed E-state index contributed by atoms with van der Waals surface area (Å²) in [6.45, 7) is 4.38. The van der Waals surface area contributed by atoms with Gasteiger partial charge in [-0.25, -0.2) is 0 Å². The van der Waals surface area contributed by atoms with Crippen molar-refractivity contribution in [2.75, 3.05) is 50.7 Å². The average molecular weight is 894 g/mol. The highest BCUT2D eigenvalue weighted by atomic mass is 32.2. The van der Waals surface area contributed by atoms with Gasteiger partial charge < -0.3 is 24.5 Å². The quantitative estimate of drug-likeness (QED) is 0.163. The van der Waals surface area contributed by atoms with Gasteiger partial charge in [-0.1, -0.05) is 114 Å². The van der Waals surface area contributed by atoms with Crippen molar-refractivity contribution in [1.82, 2.24) is 0 Å². The van der Waals surface area contributed by atoms with Crippen molar-refractivity contribution < 1.29 is 0 Å². The molecule has 0 saturated heterocycles. The van der Waals surface area contributed by atoms with Crippen LogP contribution in [0.15, 0.2) is 161 Å². The fourth-order valence-corrected chi connectivity index (χ4v) is 15.4. The second kappa shape index (κ2) is 14.4. The second-order valence-corrected chi connectivity index (χ2v) is 21.4. The highest BCUT2D eigenvalue weighted by Gasteiger charge is 2.48. The molecule has 0 radical (unpaired) electrons. The van der Waals surface area contributed by atoms with Crippen LogP contribution in [0.1, 0.15) is 47.9 Å². The first-order valence-corrected chi connectivity index (χ1v) is 26.1. The van der Waals surface area contributed by atoms with E-state index in [9.17, 15) is 0 Å². The van der Waals surface area contributed by atoms with Crippen LogP contribution in [0, 0.1) is 0 Å². The van der Waals surface area contributed by atoms with E-state index in [0.29, 0.717) is 0 Å². The van der Waals surface area contributed by atoms with E-state index in [4.69, 9.17) is 0 Å². The number of hydrogen-bond acceptors (Lipinski definition) is 6. The standard InChI is InChI=1S/C60H49B2N5S/c1-2-22-42(23-3-1)67-51-37-55-48(62-46-25-9-17-41-21-13-31-66(60(41)46)53-33-44(35-56(68-55)58(53)62)64-29-11-19-39-15-5-7-27-50(39)64)36-47(51)61-45-24-8-16-40-20-12-30-65(59(40)45)52-32-43(34-54(67)57(52)61)63-28-10-18-38-14-4-6-26-49(38)63/h1-9,14-17,22-27,32-37H,10-13,18-21,28-31H2. The van der Waals surface area contributed by atoms with E-state index < -0.39 is 0 Å². The number of aryl methyl sites for hydroxylation is 4. The minimum Gasteiger partial charge on any atom is -0.342 e. The minimum atomic E-state index is 0.101. The van der Waals surface area contributed by atoms with Crippen LogP contribution in [0.3, 0.4) is 0 Å². The fourth-order valence-electron chi connectivity index (χ4n) is 14.1. The zero-order valence-electron chi connectivity index (χ0n) is 38.2. The molecule has 0 fully saturated rings. The topological polar surface area (TPSA) is 16.2 Å². The van der Waals surface area contributed by atoms with Crippen LogP contribution in [0.5, 0.6) is 0 Å². The minimum absolute atomic E-state index is 0.101. The largest absolute Gasteiger partial charge is 0.342 e. The molecule has 8 heteroatoms. The van der Waals surface area contributed by atoms with Crippen LogP contribution in [-0.2, 0) is 25.7 Å². The van der Waals surface area contributed by atoms with Gasteiger partial charge in [-0.05, 0) is 156 Å². The molecule has 8 aromatic carbocycles. The Bertz CT molecular complexity index is 3480. The van der Waals surface area contributed by atoms with Crippen molar-refractivity contribution in [3.8, 4) is 0 Å². The second-order valence-electron chi connectivity index (χ2n) is 20.4. The highest BCUT2D eigenvalue weighted by molar-refractivity contribution is 8.00. The van der Waals surface area contributed by atoms with E-state index in [1.807, 2.05) is 11.8 Å². The van der Waals surface area contributed by atoms with Crippen molar-refractivity contribution in [2.24, 2.45) is 0 Å². The third kappa shape index (κ3) is 5.27. The van der Waals surface area contributed by atoms with Crippen molar-refractivity contribution >= 4 is 121 Å². The van der Waals surface area contributed by atoms with Crippen LogP contribution in [0.2, 0.25) is 0 Å². The zero-order valence-corrected chi connectivity index (χ0v) is 39.0. The van der Waals surface area contributed by atoms with E-state index >= 15 is 0 Å². The summed E-state index contributed by atoms with van der Waals surface area (Å²) in [4.78, 5) is 16.1. The number of rotatable bonds is 3. The van der Waals surface area contributed by atoms with Gasteiger partial charge >= 0.3 is 0 Å². The molecule has 5 nitrogen and oxygen atoms in total. The molecule has 0 N–H and O–H groups in total. The summed E-state index contributed by atoms with van der Waals surface area (Å²) in [6, 6.07) is 59.6. The lowest BCUT2D eigenvalue weighted by Gasteiger charge is -2.48. The van der Waals surface area contributed by atoms with Crippen LogP contribution in [0.25, 0.3) is 0 Å². The lowest BCUT2D eigenvalue weighted by Crippen LogP contribution is -2.65. The summed E-state index contributed by atoms with van der Waals surface area (Å²) in [6.07, 6.45) is 9.17. The summed E-state index contributed by atoms with van der Waals surface area (Å²) in [5, 5.41) is 0. The molecular weight excluding hydrogens is 844 g/mol. The summed E-state index contributed by atoms with van der Waals surface area (Å²) >= 11 is 2.02. The summed E-state index contributed by atoms with van der Waals surface area (Å²) in [5.74, 6) is 0. The predicted molar refractivity (Wildman–Crippen MR) is 288 cm³/mol.